The van der Waals surface area contributed by atoms with Gasteiger partial charge in [-0.2, -0.15) is 15.0 Å². The van der Waals surface area contributed by atoms with Crippen LogP contribution in [0.3, 0.4) is 0 Å². The Morgan fingerprint density at radius 2 is 1.71 bits per heavy atom. The van der Waals surface area contributed by atoms with Crippen LogP contribution in [-0.2, 0) is 4.74 Å². The number of rotatable bonds is 6. The Bertz CT molecular complexity index is 472. The predicted molar refractivity (Wildman–Crippen MR) is 81.5 cm³/mol. The number of carbonyl (C=O) groups excluding carboxylic acids is 1. The molecule has 21 heavy (non-hydrogen) atoms. The molecule has 118 valence electrons. The smallest absolute Gasteiger partial charge is 0.407 e. The van der Waals surface area contributed by atoms with Gasteiger partial charge in [0.1, 0.15) is 11.4 Å². The highest BCUT2D eigenvalue weighted by atomic mass is 16.6. The number of hydrogen-bond acceptors (Lipinski definition) is 7. The van der Waals surface area contributed by atoms with Crippen molar-refractivity contribution >= 4 is 18.0 Å². The summed E-state index contributed by atoms with van der Waals surface area (Å²) in [6.45, 7) is 10.9. The Hall–Kier alpha value is -2.12. The molecule has 0 fully saturated rings. The lowest BCUT2D eigenvalue weighted by molar-refractivity contribution is 0.0530. The molecule has 0 radical (unpaired) electrons. The SMILES string of the molecule is CCNc1nc(C)nc(NCCNC(=O)OC(C)(C)C)n1. The van der Waals surface area contributed by atoms with E-state index in [9.17, 15) is 4.79 Å². The average molecular weight is 296 g/mol. The molecule has 0 unspecified atom stereocenters. The quantitative estimate of drug-likeness (QED) is 0.684. The Morgan fingerprint density at radius 3 is 2.29 bits per heavy atom. The molecule has 1 rings (SSSR count). The second-order valence-corrected chi connectivity index (χ2v) is 5.42. The van der Waals surface area contributed by atoms with E-state index >= 15 is 0 Å². The maximum atomic E-state index is 11.5. The van der Waals surface area contributed by atoms with Gasteiger partial charge in [-0.1, -0.05) is 0 Å². The van der Waals surface area contributed by atoms with Crippen molar-refractivity contribution in [2.45, 2.75) is 40.2 Å². The number of aromatic nitrogens is 3. The van der Waals surface area contributed by atoms with E-state index in [4.69, 9.17) is 4.74 Å². The van der Waals surface area contributed by atoms with Crippen molar-refractivity contribution in [3.63, 3.8) is 0 Å². The molecule has 0 aliphatic heterocycles. The molecule has 0 bridgehead atoms. The average Bonchev–Trinajstić information content (AvgIpc) is 2.32. The van der Waals surface area contributed by atoms with Crippen molar-refractivity contribution in [1.82, 2.24) is 20.3 Å². The number of amides is 1. The van der Waals surface area contributed by atoms with Crippen LogP contribution in [-0.4, -0.2) is 46.3 Å². The summed E-state index contributed by atoms with van der Waals surface area (Å²) in [6, 6.07) is 0. The van der Waals surface area contributed by atoms with Gasteiger partial charge < -0.3 is 20.7 Å². The highest BCUT2D eigenvalue weighted by Gasteiger charge is 2.15. The summed E-state index contributed by atoms with van der Waals surface area (Å²) in [6.07, 6.45) is -0.440. The normalized spacial score (nSPS) is 10.9. The standard InChI is InChI=1S/C13H24N6O2/c1-6-14-10-17-9(2)18-11(19-10)15-7-8-16-12(20)21-13(3,4)5/h6-8H2,1-5H3,(H,16,20)(H2,14,15,17,18,19). The minimum atomic E-state index is -0.496. The highest BCUT2D eigenvalue weighted by molar-refractivity contribution is 5.67. The van der Waals surface area contributed by atoms with Crippen molar-refractivity contribution in [2.24, 2.45) is 0 Å². The summed E-state index contributed by atoms with van der Waals surface area (Å²) >= 11 is 0. The second kappa shape index (κ2) is 7.61. The van der Waals surface area contributed by atoms with Crippen LogP contribution in [0.2, 0.25) is 0 Å². The van der Waals surface area contributed by atoms with Gasteiger partial charge in [0.2, 0.25) is 11.9 Å². The summed E-state index contributed by atoms with van der Waals surface area (Å²) in [7, 11) is 0. The molecule has 0 saturated carbocycles. The van der Waals surface area contributed by atoms with Gasteiger partial charge in [-0.25, -0.2) is 4.79 Å². The van der Waals surface area contributed by atoms with Crippen LogP contribution < -0.4 is 16.0 Å². The van der Waals surface area contributed by atoms with Crippen molar-refractivity contribution in [3.8, 4) is 0 Å². The van der Waals surface area contributed by atoms with Gasteiger partial charge in [-0.15, -0.1) is 0 Å². The van der Waals surface area contributed by atoms with E-state index in [-0.39, 0.29) is 0 Å². The van der Waals surface area contributed by atoms with Gasteiger partial charge in [-0.3, -0.25) is 0 Å². The van der Waals surface area contributed by atoms with E-state index < -0.39 is 11.7 Å². The van der Waals surface area contributed by atoms with Crippen molar-refractivity contribution in [2.75, 3.05) is 30.3 Å². The molecule has 8 heteroatoms. The Kier molecular flexibility index (Phi) is 6.13. The number of anilines is 2. The fourth-order valence-corrected chi connectivity index (χ4v) is 1.45. The minimum Gasteiger partial charge on any atom is -0.444 e. The van der Waals surface area contributed by atoms with Gasteiger partial charge in [0.05, 0.1) is 0 Å². The Balaban J connectivity index is 2.37. The van der Waals surface area contributed by atoms with Crippen LogP contribution in [0.1, 0.15) is 33.5 Å². The third-order valence-electron chi connectivity index (χ3n) is 2.16. The van der Waals surface area contributed by atoms with Gasteiger partial charge >= 0.3 is 6.09 Å². The number of alkyl carbamates (subject to hydrolysis) is 1. The molecule has 0 aromatic carbocycles. The molecule has 0 aliphatic carbocycles. The molecule has 1 heterocycles. The van der Waals surface area contributed by atoms with Crippen LogP contribution in [0.5, 0.6) is 0 Å². The number of ether oxygens (including phenoxy) is 1. The summed E-state index contributed by atoms with van der Waals surface area (Å²) < 4.78 is 5.13. The minimum absolute atomic E-state index is 0.413. The number of aryl methyl sites for hydroxylation is 1. The number of carbonyl (C=O) groups is 1. The summed E-state index contributed by atoms with van der Waals surface area (Å²) in [5, 5.41) is 8.71. The first-order valence-corrected chi connectivity index (χ1v) is 6.97. The first-order valence-electron chi connectivity index (χ1n) is 6.97. The topological polar surface area (TPSA) is 101 Å². The van der Waals surface area contributed by atoms with Crippen LogP contribution in [0.4, 0.5) is 16.7 Å². The fraction of sp³-hybridized carbons (Fsp3) is 0.692. The molecule has 0 aliphatic rings. The maximum absolute atomic E-state index is 11.5. The van der Waals surface area contributed by atoms with Crippen LogP contribution in [0.25, 0.3) is 0 Å². The lowest BCUT2D eigenvalue weighted by Crippen LogP contribution is -2.35. The number of nitrogens with zero attached hydrogens (tertiary/aromatic N) is 3. The van der Waals surface area contributed by atoms with E-state index in [1.807, 2.05) is 27.7 Å². The van der Waals surface area contributed by atoms with Crippen molar-refractivity contribution in [3.05, 3.63) is 5.82 Å². The van der Waals surface area contributed by atoms with Gasteiger partial charge in [0, 0.05) is 19.6 Å². The number of nitrogens with one attached hydrogen (secondary N) is 3. The van der Waals surface area contributed by atoms with E-state index in [1.54, 1.807) is 6.92 Å². The lowest BCUT2D eigenvalue weighted by atomic mass is 10.2. The van der Waals surface area contributed by atoms with E-state index in [1.165, 1.54) is 0 Å². The molecule has 0 spiro atoms. The van der Waals surface area contributed by atoms with E-state index in [0.29, 0.717) is 30.8 Å². The Labute approximate surface area is 125 Å². The molecule has 3 N–H and O–H groups in total. The maximum Gasteiger partial charge on any atom is 0.407 e. The molecule has 1 amide bonds. The molecule has 1 aromatic heterocycles. The molecular weight excluding hydrogens is 272 g/mol. The second-order valence-electron chi connectivity index (χ2n) is 5.42. The summed E-state index contributed by atoms with van der Waals surface area (Å²) in [4.78, 5) is 24.0. The highest BCUT2D eigenvalue weighted by Crippen LogP contribution is 2.06. The molecule has 0 saturated heterocycles. The largest absolute Gasteiger partial charge is 0.444 e. The van der Waals surface area contributed by atoms with E-state index in [0.717, 1.165) is 6.54 Å². The zero-order chi connectivity index (χ0) is 15.9. The molecule has 1 aromatic rings. The van der Waals surface area contributed by atoms with E-state index in [2.05, 4.69) is 30.9 Å². The zero-order valence-corrected chi connectivity index (χ0v) is 13.3. The molecule has 8 nitrogen and oxygen atoms in total. The zero-order valence-electron chi connectivity index (χ0n) is 13.3. The third-order valence-corrected chi connectivity index (χ3v) is 2.16. The molecule has 0 atom stereocenters. The molecular formula is C13H24N6O2. The van der Waals surface area contributed by atoms with Crippen LogP contribution in [0, 0.1) is 6.92 Å². The van der Waals surface area contributed by atoms with Gasteiger partial charge in [-0.05, 0) is 34.6 Å². The first kappa shape index (κ1) is 16.9. The first-order chi connectivity index (χ1) is 9.80. The lowest BCUT2D eigenvalue weighted by Gasteiger charge is -2.19. The third kappa shape index (κ3) is 7.28. The van der Waals surface area contributed by atoms with Gasteiger partial charge in [0.15, 0.2) is 0 Å². The predicted octanol–water partition coefficient (Wildman–Crippen LogP) is 1.55. The van der Waals surface area contributed by atoms with Gasteiger partial charge in [0.25, 0.3) is 0 Å². The monoisotopic (exact) mass is 296 g/mol. The Morgan fingerprint density at radius 1 is 1.10 bits per heavy atom. The number of hydrogen-bond donors (Lipinski definition) is 3. The van der Waals surface area contributed by atoms with Crippen molar-refractivity contribution in [1.29, 1.82) is 0 Å². The van der Waals surface area contributed by atoms with Crippen LogP contribution >= 0.6 is 0 Å². The van der Waals surface area contributed by atoms with Crippen molar-refractivity contribution < 1.29 is 9.53 Å². The summed E-state index contributed by atoms with van der Waals surface area (Å²) in [5.74, 6) is 1.64. The fourth-order valence-electron chi connectivity index (χ4n) is 1.45. The summed E-state index contributed by atoms with van der Waals surface area (Å²) in [5.41, 5.74) is -0.496. The van der Waals surface area contributed by atoms with Crippen LogP contribution in [0.15, 0.2) is 0 Å².